The molecule has 0 amide bonds. The van der Waals surface area contributed by atoms with Gasteiger partial charge in [-0.15, -0.1) is 5.53 Å². The van der Waals surface area contributed by atoms with E-state index in [1.54, 1.807) is 0 Å². The first-order chi connectivity index (χ1) is 16.0. The van der Waals surface area contributed by atoms with Gasteiger partial charge in [0.1, 0.15) is 0 Å². The van der Waals surface area contributed by atoms with Crippen LogP contribution in [0, 0.1) is 0 Å². The molecule has 3 heterocycles. The summed E-state index contributed by atoms with van der Waals surface area (Å²) in [5.41, 5.74) is 16.4. The van der Waals surface area contributed by atoms with Crippen molar-refractivity contribution in [3.63, 3.8) is 0 Å². The van der Waals surface area contributed by atoms with Crippen molar-refractivity contribution >= 4 is 11.4 Å². The van der Waals surface area contributed by atoms with Crippen LogP contribution < -0.4 is 16.3 Å². The van der Waals surface area contributed by atoms with Crippen molar-refractivity contribution in [2.45, 2.75) is 25.8 Å². The van der Waals surface area contributed by atoms with Crippen molar-refractivity contribution in [2.75, 3.05) is 32.5 Å². The van der Waals surface area contributed by atoms with E-state index in [1.165, 1.54) is 33.6 Å². The molecule has 3 N–H and O–H groups in total. The zero-order chi connectivity index (χ0) is 22.9. The minimum atomic E-state index is 0.202. The highest BCUT2D eigenvalue weighted by molar-refractivity contribution is 5.75. The minimum absolute atomic E-state index is 0.202. The molecule has 7 heteroatoms. The van der Waals surface area contributed by atoms with Crippen LogP contribution in [0.2, 0.25) is 0 Å². The summed E-state index contributed by atoms with van der Waals surface area (Å²) >= 11 is 0. The fraction of sp³-hybridized carbons (Fsp3) is 0.346. The molecule has 172 valence electrons. The van der Waals surface area contributed by atoms with Gasteiger partial charge >= 0.3 is 0 Å². The average molecular weight is 444 g/mol. The van der Waals surface area contributed by atoms with Gasteiger partial charge in [0.25, 0.3) is 0 Å². The summed E-state index contributed by atoms with van der Waals surface area (Å²) in [6.07, 6.45) is 6.04. The molecular formula is C26H33N7. The second kappa shape index (κ2) is 8.92. The van der Waals surface area contributed by atoms with E-state index in [2.05, 4.69) is 101 Å². The molecule has 0 fully saturated rings. The average Bonchev–Trinajstić information content (AvgIpc) is 3.36. The van der Waals surface area contributed by atoms with Crippen molar-refractivity contribution in [2.24, 2.45) is 7.05 Å². The summed E-state index contributed by atoms with van der Waals surface area (Å²) in [6, 6.07) is 15.9. The number of nitrogens with zero attached hydrogens (tertiary/aromatic N) is 4. The molecule has 33 heavy (non-hydrogen) atoms. The first-order valence-corrected chi connectivity index (χ1v) is 11.6. The topological polar surface area (TPSA) is 60.4 Å². The second-order valence-corrected chi connectivity index (χ2v) is 9.31. The van der Waals surface area contributed by atoms with Crippen LogP contribution in [0.15, 0.2) is 60.6 Å². The van der Waals surface area contributed by atoms with E-state index in [1.807, 2.05) is 17.9 Å². The third-order valence-corrected chi connectivity index (χ3v) is 6.48. The summed E-state index contributed by atoms with van der Waals surface area (Å²) in [5.74, 6) is 0. The standard InChI is InChI=1S/C26H33N7/c1-18-26-23-9-8-20(21-16-27-32(4)17-21)15-24(23)25(11-13-33(26)30-29-18)28-22-7-5-6-19(14-22)10-12-31(2)3/h5-9,14-17,25,28-30H,10-13H2,1-4H3. The number of aryl methyl sites for hydroxylation is 1. The van der Waals surface area contributed by atoms with Gasteiger partial charge in [-0.1, -0.05) is 24.3 Å². The number of hydrogen-bond acceptors (Lipinski definition) is 6. The zero-order valence-corrected chi connectivity index (χ0v) is 19.9. The Balaban J connectivity index is 1.51. The van der Waals surface area contributed by atoms with Crippen molar-refractivity contribution in [1.82, 2.24) is 30.6 Å². The van der Waals surface area contributed by atoms with Crippen LogP contribution in [0.4, 0.5) is 5.69 Å². The lowest BCUT2D eigenvalue weighted by atomic mass is 9.93. The summed E-state index contributed by atoms with van der Waals surface area (Å²) in [6.45, 7) is 4.09. The lowest BCUT2D eigenvalue weighted by molar-refractivity contribution is 0.281. The van der Waals surface area contributed by atoms with Gasteiger partial charge in [-0.3, -0.25) is 9.69 Å². The maximum atomic E-state index is 4.38. The maximum absolute atomic E-state index is 4.38. The Morgan fingerprint density at radius 1 is 1.15 bits per heavy atom. The third-order valence-electron chi connectivity index (χ3n) is 6.48. The molecule has 0 aliphatic carbocycles. The van der Waals surface area contributed by atoms with Crippen LogP contribution in [0.3, 0.4) is 0 Å². The van der Waals surface area contributed by atoms with Crippen molar-refractivity contribution in [3.8, 4) is 11.1 Å². The number of allylic oxidation sites excluding steroid dienone is 1. The van der Waals surface area contributed by atoms with Gasteiger partial charge in [-0.25, -0.2) is 0 Å². The Kier molecular flexibility index (Phi) is 5.83. The van der Waals surface area contributed by atoms with E-state index in [0.29, 0.717) is 0 Å². The van der Waals surface area contributed by atoms with Gasteiger partial charge in [0, 0.05) is 43.1 Å². The smallest absolute Gasteiger partial charge is 0.0814 e. The number of likely N-dealkylation sites (N-methyl/N-ethyl adjacent to an activating group) is 1. The Morgan fingerprint density at radius 2 is 2.03 bits per heavy atom. The molecule has 1 aromatic heterocycles. The Hall–Kier alpha value is -3.29. The molecule has 1 unspecified atom stereocenters. The predicted octanol–water partition coefficient (Wildman–Crippen LogP) is 3.76. The molecule has 5 rings (SSSR count). The predicted molar refractivity (Wildman–Crippen MR) is 134 cm³/mol. The minimum Gasteiger partial charge on any atom is -0.378 e. The highest BCUT2D eigenvalue weighted by atomic mass is 15.7. The summed E-state index contributed by atoms with van der Waals surface area (Å²) in [4.78, 5) is 2.23. The molecule has 0 bridgehead atoms. The van der Waals surface area contributed by atoms with Crippen LogP contribution in [0.1, 0.15) is 36.1 Å². The van der Waals surface area contributed by atoms with Gasteiger partial charge in [-0.2, -0.15) is 5.10 Å². The zero-order valence-electron chi connectivity index (χ0n) is 19.9. The Morgan fingerprint density at radius 3 is 2.82 bits per heavy atom. The van der Waals surface area contributed by atoms with Gasteiger partial charge in [0.15, 0.2) is 0 Å². The van der Waals surface area contributed by atoms with E-state index >= 15 is 0 Å². The molecule has 0 spiro atoms. The monoisotopic (exact) mass is 443 g/mol. The quantitative estimate of drug-likeness (QED) is 0.539. The van der Waals surface area contributed by atoms with E-state index in [-0.39, 0.29) is 6.04 Å². The second-order valence-electron chi connectivity index (χ2n) is 9.31. The van der Waals surface area contributed by atoms with Gasteiger partial charge < -0.3 is 15.6 Å². The highest BCUT2D eigenvalue weighted by Gasteiger charge is 2.30. The molecular weight excluding hydrogens is 410 g/mol. The number of aromatic nitrogens is 2. The molecule has 2 aliphatic heterocycles. The fourth-order valence-electron chi connectivity index (χ4n) is 4.73. The normalized spacial score (nSPS) is 17.6. The van der Waals surface area contributed by atoms with Gasteiger partial charge in [0.2, 0.25) is 0 Å². The largest absolute Gasteiger partial charge is 0.378 e. The van der Waals surface area contributed by atoms with E-state index in [0.717, 1.165) is 37.2 Å². The SMILES string of the molecule is CC1=C2c3ccc(-c4cnn(C)c4)cc3C(Nc3cccc(CCN(C)C)c3)CCN2NN1. The first kappa shape index (κ1) is 21.6. The molecule has 2 aliphatic rings. The number of hydrogen-bond donors (Lipinski definition) is 3. The molecule has 0 saturated heterocycles. The molecule has 7 nitrogen and oxygen atoms in total. The van der Waals surface area contributed by atoms with Crippen LogP contribution in [0.5, 0.6) is 0 Å². The molecule has 2 aromatic carbocycles. The number of anilines is 1. The van der Waals surface area contributed by atoms with Crippen LogP contribution >= 0.6 is 0 Å². The number of hydrazine groups is 2. The third kappa shape index (κ3) is 4.47. The lowest BCUT2D eigenvalue weighted by Crippen LogP contribution is -2.37. The fourth-order valence-corrected chi connectivity index (χ4v) is 4.73. The Bertz CT molecular complexity index is 1180. The first-order valence-electron chi connectivity index (χ1n) is 11.6. The molecule has 0 saturated carbocycles. The van der Waals surface area contributed by atoms with Crippen molar-refractivity contribution in [1.29, 1.82) is 0 Å². The van der Waals surface area contributed by atoms with Gasteiger partial charge in [0.05, 0.1) is 23.6 Å². The van der Waals surface area contributed by atoms with Gasteiger partial charge in [-0.05, 0) is 68.8 Å². The number of nitrogens with one attached hydrogen (secondary N) is 3. The van der Waals surface area contributed by atoms with E-state index in [4.69, 9.17) is 0 Å². The lowest BCUT2D eigenvalue weighted by Gasteiger charge is -2.22. The molecule has 0 radical (unpaired) electrons. The number of benzene rings is 2. The van der Waals surface area contributed by atoms with Crippen LogP contribution in [0.25, 0.3) is 16.8 Å². The summed E-state index contributed by atoms with van der Waals surface area (Å²) in [7, 11) is 6.20. The van der Waals surface area contributed by atoms with E-state index in [9.17, 15) is 0 Å². The van der Waals surface area contributed by atoms with Crippen molar-refractivity contribution in [3.05, 3.63) is 77.2 Å². The Labute approximate surface area is 196 Å². The molecule has 3 aromatic rings. The van der Waals surface area contributed by atoms with Crippen LogP contribution in [-0.2, 0) is 13.5 Å². The maximum Gasteiger partial charge on any atom is 0.0814 e. The number of rotatable bonds is 6. The summed E-state index contributed by atoms with van der Waals surface area (Å²) in [5, 5.41) is 10.5. The van der Waals surface area contributed by atoms with E-state index < -0.39 is 0 Å². The van der Waals surface area contributed by atoms with Crippen molar-refractivity contribution < 1.29 is 0 Å². The highest BCUT2D eigenvalue weighted by Crippen LogP contribution is 2.39. The summed E-state index contributed by atoms with van der Waals surface area (Å²) < 4.78 is 1.86. The molecule has 1 atom stereocenters. The number of fused-ring (bicyclic) bond motifs is 3. The van der Waals surface area contributed by atoms with Crippen LogP contribution in [-0.4, -0.2) is 46.9 Å².